The van der Waals surface area contributed by atoms with Crippen LogP contribution in [0.15, 0.2) is 12.1 Å². The summed E-state index contributed by atoms with van der Waals surface area (Å²) in [6, 6.07) is 4.63. The van der Waals surface area contributed by atoms with Gasteiger partial charge in [-0.1, -0.05) is 13.3 Å². The minimum atomic E-state index is -0.819. The molecule has 5 rings (SSSR count). The topological polar surface area (TPSA) is 147 Å². The van der Waals surface area contributed by atoms with E-state index in [0.717, 1.165) is 25.7 Å². The van der Waals surface area contributed by atoms with Crippen molar-refractivity contribution in [1.82, 2.24) is 10.6 Å². The third-order valence-corrected chi connectivity index (χ3v) is 9.64. The summed E-state index contributed by atoms with van der Waals surface area (Å²) in [6.45, 7) is 4.54. The van der Waals surface area contributed by atoms with Gasteiger partial charge in [0.2, 0.25) is 5.91 Å². The van der Waals surface area contributed by atoms with Gasteiger partial charge in [-0.05, 0) is 69.8 Å². The van der Waals surface area contributed by atoms with Crippen molar-refractivity contribution in [1.29, 1.82) is 5.26 Å². The number of rotatable bonds is 9. The first-order valence-electron chi connectivity index (χ1n) is 14.3. The molecule has 2 aliphatic carbocycles. The van der Waals surface area contributed by atoms with Gasteiger partial charge in [-0.25, -0.2) is 0 Å². The number of aliphatic carboxylic acids is 1. The lowest BCUT2D eigenvalue weighted by Crippen LogP contribution is -2.53. The number of carbonyl (C=O) groups excluding carboxylic acids is 2. The highest BCUT2D eigenvalue weighted by Crippen LogP contribution is 2.42. The Morgan fingerprint density at radius 2 is 1.77 bits per heavy atom. The van der Waals surface area contributed by atoms with Crippen LogP contribution in [0.4, 0.5) is 0 Å². The Balaban J connectivity index is 1.31. The van der Waals surface area contributed by atoms with E-state index in [-0.39, 0.29) is 52.3 Å². The van der Waals surface area contributed by atoms with Crippen LogP contribution >= 0.6 is 0 Å². The van der Waals surface area contributed by atoms with Crippen molar-refractivity contribution < 1.29 is 33.7 Å². The lowest BCUT2D eigenvalue weighted by molar-refractivity contribution is -0.150. The molecule has 216 valence electrons. The highest BCUT2D eigenvalue weighted by molar-refractivity contribution is 5.98. The lowest BCUT2D eigenvalue weighted by atomic mass is 9.70. The Bertz CT molecular complexity index is 1210. The van der Waals surface area contributed by atoms with E-state index in [9.17, 15) is 24.8 Å². The smallest absolute Gasteiger partial charge is 0.309 e. The molecule has 2 bridgehead atoms. The van der Waals surface area contributed by atoms with Crippen LogP contribution in [0.5, 0.6) is 11.5 Å². The highest BCUT2D eigenvalue weighted by atomic mass is 16.5. The van der Waals surface area contributed by atoms with E-state index in [1.54, 1.807) is 6.92 Å². The summed E-state index contributed by atoms with van der Waals surface area (Å²) >= 11 is 0. The van der Waals surface area contributed by atoms with Crippen LogP contribution in [0.2, 0.25) is 0 Å². The van der Waals surface area contributed by atoms with Gasteiger partial charge in [-0.2, -0.15) is 5.26 Å². The zero-order chi connectivity index (χ0) is 28.7. The van der Waals surface area contributed by atoms with Crippen molar-refractivity contribution in [3.8, 4) is 17.6 Å². The third-order valence-electron chi connectivity index (χ3n) is 9.64. The van der Waals surface area contributed by atoms with Gasteiger partial charge in [0.05, 0.1) is 53.9 Å². The first-order chi connectivity index (χ1) is 19.1. The molecule has 4 fully saturated rings. The van der Waals surface area contributed by atoms with E-state index in [1.165, 1.54) is 25.7 Å². The average Bonchev–Trinajstić information content (AvgIpc) is 3.53. The molecule has 1 aromatic rings. The molecule has 2 saturated carbocycles. The Kier molecular flexibility index (Phi) is 7.71. The zero-order valence-electron chi connectivity index (χ0n) is 23.5. The number of hydrogen-bond acceptors (Lipinski definition) is 7. The van der Waals surface area contributed by atoms with Gasteiger partial charge in [0.25, 0.3) is 5.91 Å². The average molecular weight is 554 g/mol. The van der Waals surface area contributed by atoms with Crippen molar-refractivity contribution in [2.75, 3.05) is 13.7 Å². The number of hydrogen-bond donors (Lipinski definition) is 3. The monoisotopic (exact) mass is 553 g/mol. The first-order valence-corrected chi connectivity index (χ1v) is 14.3. The summed E-state index contributed by atoms with van der Waals surface area (Å²) in [6.07, 6.45) is 6.18. The summed E-state index contributed by atoms with van der Waals surface area (Å²) in [7, 11) is 1.43. The molecule has 1 aromatic carbocycles. The molecule has 10 heteroatoms. The molecule has 0 unspecified atom stereocenters. The number of fused-ring (bicyclic) bond motifs is 2. The number of nitrogens with one attached hydrogen (secondary N) is 2. The largest absolute Gasteiger partial charge is 0.496 e. The second-order valence-electron chi connectivity index (χ2n) is 12.5. The number of carboxylic acid groups (broad SMARTS) is 1. The number of ether oxygens (including phenoxy) is 3. The minimum absolute atomic E-state index is 0.0906. The fraction of sp³-hybridized carbons (Fsp3) is 0.667. The van der Waals surface area contributed by atoms with Crippen molar-refractivity contribution >= 4 is 17.8 Å². The van der Waals surface area contributed by atoms with Gasteiger partial charge in [-0.3, -0.25) is 14.4 Å². The maximum atomic E-state index is 13.6. The maximum Gasteiger partial charge on any atom is 0.309 e. The summed E-state index contributed by atoms with van der Waals surface area (Å²) in [5.41, 5.74) is -0.218. The number of carboxylic acids is 1. The number of amides is 2. The van der Waals surface area contributed by atoms with Gasteiger partial charge in [-0.15, -0.1) is 0 Å². The van der Waals surface area contributed by atoms with Gasteiger partial charge in [0.1, 0.15) is 17.6 Å². The van der Waals surface area contributed by atoms with Crippen LogP contribution in [0, 0.1) is 28.1 Å². The minimum Gasteiger partial charge on any atom is -0.496 e. The molecule has 10 nitrogen and oxygen atoms in total. The molecule has 40 heavy (non-hydrogen) atoms. The number of carbonyl (C=O) groups is 3. The van der Waals surface area contributed by atoms with Crippen LogP contribution < -0.4 is 20.1 Å². The molecule has 3 N–H and O–H groups in total. The van der Waals surface area contributed by atoms with Crippen LogP contribution in [-0.4, -0.2) is 60.9 Å². The van der Waals surface area contributed by atoms with Crippen LogP contribution in [0.1, 0.15) is 87.6 Å². The number of nitrogens with zero attached hydrogens (tertiary/aromatic N) is 1. The Hall–Kier alpha value is -3.32. The van der Waals surface area contributed by atoms with Gasteiger partial charge >= 0.3 is 5.97 Å². The molecule has 4 atom stereocenters. The number of nitriles is 1. The summed E-state index contributed by atoms with van der Waals surface area (Å²) in [4.78, 5) is 38.5. The van der Waals surface area contributed by atoms with E-state index < -0.39 is 29.3 Å². The molecule has 2 aliphatic heterocycles. The highest BCUT2D eigenvalue weighted by Gasteiger charge is 2.53. The van der Waals surface area contributed by atoms with Crippen molar-refractivity contribution in [3.63, 3.8) is 0 Å². The van der Waals surface area contributed by atoms with Crippen LogP contribution in [0.3, 0.4) is 0 Å². The van der Waals surface area contributed by atoms with Gasteiger partial charge in [0.15, 0.2) is 0 Å². The van der Waals surface area contributed by atoms with E-state index in [4.69, 9.17) is 14.2 Å². The maximum absolute atomic E-state index is 13.6. The molecule has 0 aromatic heterocycles. The van der Waals surface area contributed by atoms with Crippen molar-refractivity contribution in [3.05, 3.63) is 23.3 Å². The third kappa shape index (κ3) is 5.36. The molecule has 2 heterocycles. The second kappa shape index (κ2) is 10.9. The normalized spacial score (nSPS) is 31.9. The number of benzene rings is 1. The SMILES string of the molecule is COc1cc(C#N)c(O[C@H]2CC[C@@](C)(C(=O)O)CC2)cc1C(=O)N[C@@H]1[C@H](C(=O)NCC2(C)CCC2)[C@@H]2CC[C@H]1O2. The fourth-order valence-electron chi connectivity index (χ4n) is 6.63. The standard InChI is InChI=1S/C30H39N3O7/c1-29(9-4-10-29)16-32-27(35)24-20-5-6-21(40-20)25(24)33-26(34)19-14-22(17(15-31)13-23(19)38-3)39-18-7-11-30(2,12-8-18)28(36)37/h13-14,18,20-21,24-25H,4-12,16H2,1-3H3,(H,32,35)(H,33,34)(H,36,37)/t18-,20-,21+,24+,25-,30+/m0/s1. The molecule has 2 saturated heterocycles. The predicted octanol–water partition coefficient (Wildman–Crippen LogP) is 3.56. The second-order valence-corrected chi connectivity index (χ2v) is 12.5. The molecule has 2 amide bonds. The van der Waals surface area contributed by atoms with Gasteiger partial charge in [0, 0.05) is 12.6 Å². The van der Waals surface area contributed by atoms with E-state index in [0.29, 0.717) is 32.2 Å². The van der Waals surface area contributed by atoms with Crippen LogP contribution in [0.25, 0.3) is 0 Å². The van der Waals surface area contributed by atoms with E-state index in [2.05, 4.69) is 23.6 Å². The van der Waals surface area contributed by atoms with E-state index in [1.807, 2.05) is 0 Å². The summed E-state index contributed by atoms with van der Waals surface area (Å²) < 4.78 is 17.7. The molecule has 4 aliphatic rings. The zero-order valence-corrected chi connectivity index (χ0v) is 23.5. The molecular weight excluding hydrogens is 514 g/mol. The first kappa shape index (κ1) is 28.2. The Morgan fingerprint density at radius 1 is 1.07 bits per heavy atom. The fourth-order valence-corrected chi connectivity index (χ4v) is 6.63. The van der Waals surface area contributed by atoms with E-state index >= 15 is 0 Å². The lowest BCUT2D eigenvalue weighted by Gasteiger charge is -2.39. The van der Waals surface area contributed by atoms with Crippen molar-refractivity contribution in [2.24, 2.45) is 16.7 Å². The summed E-state index contributed by atoms with van der Waals surface area (Å²) in [5, 5.41) is 25.4. The van der Waals surface area contributed by atoms with Crippen molar-refractivity contribution in [2.45, 2.75) is 96.0 Å². The van der Waals surface area contributed by atoms with Gasteiger partial charge < -0.3 is 30.0 Å². The quantitative estimate of drug-likeness (QED) is 0.421. The molecule has 0 spiro atoms. The summed E-state index contributed by atoms with van der Waals surface area (Å²) in [5.74, 6) is -1.33. The number of methoxy groups -OCH3 is 1. The Morgan fingerprint density at radius 3 is 2.38 bits per heavy atom. The Labute approximate surface area is 234 Å². The van der Waals surface area contributed by atoms with Crippen LogP contribution in [-0.2, 0) is 14.3 Å². The molecule has 0 radical (unpaired) electrons. The molecular formula is C30H39N3O7. The predicted molar refractivity (Wildman–Crippen MR) is 144 cm³/mol.